The summed E-state index contributed by atoms with van der Waals surface area (Å²) >= 11 is 0. The molecule has 1 N–H and O–H groups in total. The average Bonchev–Trinajstić information content (AvgIpc) is 2.80. The second-order valence-corrected chi connectivity index (χ2v) is 7.58. The van der Waals surface area contributed by atoms with Gasteiger partial charge in [0.15, 0.2) is 5.78 Å². The number of carbonyl (C=O) groups is 2. The SMILES string of the molecule is CCOc1ccc(-c2ccc(C(=O)CC(CCCc3ccccc3)C(=O)O)cc2)cc1. The van der Waals surface area contributed by atoms with Crippen molar-refractivity contribution in [1.82, 2.24) is 0 Å². The molecular formula is C27H28O4. The highest BCUT2D eigenvalue weighted by Crippen LogP contribution is 2.24. The molecule has 0 aliphatic heterocycles. The van der Waals surface area contributed by atoms with Crippen LogP contribution in [0.3, 0.4) is 0 Å². The molecule has 0 amide bonds. The maximum absolute atomic E-state index is 12.7. The molecule has 1 unspecified atom stereocenters. The molecule has 0 aliphatic carbocycles. The normalized spacial score (nSPS) is 11.6. The van der Waals surface area contributed by atoms with Crippen LogP contribution >= 0.6 is 0 Å². The van der Waals surface area contributed by atoms with Gasteiger partial charge in [0, 0.05) is 12.0 Å². The molecule has 3 rings (SSSR count). The van der Waals surface area contributed by atoms with Crippen LogP contribution in [0.1, 0.15) is 42.1 Å². The lowest BCUT2D eigenvalue weighted by molar-refractivity contribution is -0.141. The number of benzene rings is 3. The molecule has 0 fully saturated rings. The summed E-state index contributed by atoms with van der Waals surface area (Å²) < 4.78 is 5.46. The summed E-state index contributed by atoms with van der Waals surface area (Å²) in [6.07, 6.45) is 2.06. The molecule has 0 spiro atoms. The van der Waals surface area contributed by atoms with E-state index in [1.165, 1.54) is 5.56 Å². The van der Waals surface area contributed by atoms with E-state index in [0.29, 0.717) is 18.6 Å². The predicted octanol–water partition coefficient (Wildman–Crippen LogP) is 6.05. The van der Waals surface area contributed by atoms with Crippen LogP contribution in [0.2, 0.25) is 0 Å². The third kappa shape index (κ3) is 6.54. The van der Waals surface area contributed by atoms with Gasteiger partial charge >= 0.3 is 5.97 Å². The fourth-order valence-corrected chi connectivity index (χ4v) is 3.61. The van der Waals surface area contributed by atoms with E-state index in [-0.39, 0.29) is 12.2 Å². The highest BCUT2D eigenvalue weighted by atomic mass is 16.5. The summed E-state index contributed by atoms with van der Waals surface area (Å²) in [6, 6.07) is 25.1. The van der Waals surface area contributed by atoms with Gasteiger partial charge in [0.05, 0.1) is 12.5 Å². The molecule has 0 aromatic heterocycles. The number of hydrogen-bond acceptors (Lipinski definition) is 3. The Labute approximate surface area is 183 Å². The molecule has 3 aromatic carbocycles. The number of carboxylic acids is 1. The average molecular weight is 417 g/mol. The van der Waals surface area contributed by atoms with E-state index in [9.17, 15) is 14.7 Å². The lowest BCUT2D eigenvalue weighted by Gasteiger charge is -2.12. The highest BCUT2D eigenvalue weighted by molar-refractivity contribution is 5.98. The van der Waals surface area contributed by atoms with E-state index in [0.717, 1.165) is 29.7 Å². The zero-order valence-corrected chi connectivity index (χ0v) is 17.8. The van der Waals surface area contributed by atoms with Gasteiger partial charge in [-0.25, -0.2) is 0 Å². The van der Waals surface area contributed by atoms with Crippen molar-refractivity contribution >= 4 is 11.8 Å². The molecule has 0 heterocycles. The molecule has 160 valence electrons. The van der Waals surface area contributed by atoms with Crippen molar-refractivity contribution in [2.24, 2.45) is 5.92 Å². The van der Waals surface area contributed by atoms with E-state index >= 15 is 0 Å². The van der Waals surface area contributed by atoms with Crippen molar-refractivity contribution in [2.75, 3.05) is 6.61 Å². The number of ether oxygens (including phenoxy) is 1. The number of aliphatic carboxylic acids is 1. The fraction of sp³-hybridized carbons (Fsp3) is 0.259. The summed E-state index contributed by atoms with van der Waals surface area (Å²) in [5, 5.41) is 9.56. The van der Waals surface area contributed by atoms with Gasteiger partial charge in [-0.15, -0.1) is 0 Å². The van der Waals surface area contributed by atoms with Gasteiger partial charge in [-0.2, -0.15) is 0 Å². The molecule has 4 heteroatoms. The number of aryl methyl sites for hydroxylation is 1. The van der Waals surface area contributed by atoms with Crippen molar-refractivity contribution in [1.29, 1.82) is 0 Å². The van der Waals surface area contributed by atoms with Crippen molar-refractivity contribution in [3.63, 3.8) is 0 Å². The smallest absolute Gasteiger partial charge is 0.306 e. The molecule has 31 heavy (non-hydrogen) atoms. The van der Waals surface area contributed by atoms with Crippen LogP contribution in [0, 0.1) is 5.92 Å². The molecule has 0 bridgehead atoms. The van der Waals surface area contributed by atoms with Gasteiger partial charge in [0.1, 0.15) is 5.75 Å². The molecule has 3 aromatic rings. The van der Waals surface area contributed by atoms with Crippen molar-refractivity contribution in [2.45, 2.75) is 32.6 Å². The summed E-state index contributed by atoms with van der Waals surface area (Å²) in [5.74, 6) is -0.884. The lowest BCUT2D eigenvalue weighted by atomic mass is 9.92. The van der Waals surface area contributed by atoms with Crippen LogP contribution < -0.4 is 4.74 Å². The van der Waals surface area contributed by atoms with E-state index in [2.05, 4.69) is 0 Å². The van der Waals surface area contributed by atoms with Crippen LogP contribution in [0.5, 0.6) is 5.75 Å². The Hall–Kier alpha value is -3.40. The van der Waals surface area contributed by atoms with Crippen LogP contribution in [-0.2, 0) is 11.2 Å². The molecule has 1 atom stereocenters. The topological polar surface area (TPSA) is 63.6 Å². The third-order valence-electron chi connectivity index (χ3n) is 5.35. The number of rotatable bonds is 11. The minimum atomic E-state index is -0.910. The highest BCUT2D eigenvalue weighted by Gasteiger charge is 2.21. The Morgan fingerprint density at radius 3 is 2.06 bits per heavy atom. The fourth-order valence-electron chi connectivity index (χ4n) is 3.61. The van der Waals surface area contributed by atoms with Crippen LogP contribution in [0.25, 0.3) is 11.1 Å². The van der Waals surface area contributed by atoms with Gasteiger partial charge in [-0.3, -0.25) is 9.59 Å². The van der Waals surface area contributed by atoms with Gasteiger partial charge in [0.25, 0.3) is 0 Å². The number of carbonyl (C=O) groups excluding carboxylic acids is 1. The zero-order valence-electron chi connectivity index (χ0n) is 17.8. The van der Waals surface area contributed by atoms with E-state index in [1.54, 1.807) is 12.1 Å². The first-order valence-corrected chi connectivity index (χ1v) is 10.7. The van der Waals surface area contributed by atoms with Crippen LogP contribution in [0.15, 0.2) is 78.9 Å². The van der Waals surface area contributed by atoms with Crippen molar-refractivity contribution < 1.29 is 19.4 Å². The summed E-state index contributed by atoms with van der Waals surface area (Å²) in [5.41, 5.74) is 3.76. The Kier molecular flexibility index (Phi) is 7.99. The predicted molar refractivity (Wildman–Crippen MR) is 123 cm³/mol. The molecule has 0 saturated heterocycles. The Morgan fingerprint density at radius 1 is 0.871 bits per heavy atom. The number of Topliss-reactive ketones (excluding diaryl/α,β-unsaturated/α-hetero) is 1. The van der Waals surface area contributed by atoms with Crippen molar-refractivity contribution in [3.05, 3.63) is 90.0 Å². The van der Waals surface area contributed by atoms with Crippen molar-refractivity contribution in [3.8, 4) is 16.9 Å². The summed E-state index contributed by atoms with van der Waals surface area (Å²) in [4.78, 5) is 24.3. The Balaban J connectivity index is 1.58. The lowest BCUT2D eigenvalue weighted by Crippen LogP contribution is -2.18. The third-order valence-corrected chi connectivity index (χ3v) is 5.35. The number of carboxylic acid groups (broad SMARTS) is 1. The van der Waals surface area contributed by atoms with Gasteiger partial charge in [-0.05, 0) is 55.0 Å². The quantitative estimate of drug-likeness (QED) is 0.387. The first-order chi connectivity index (χ1) is 15.1. The summed E-state index contributed by atoms with van der Waals surface area (Å²) in [6.45, 7) is 2.57. The molecule has 4 nitrogen and oxygen atoms in total. The van der Waals surface area contributed by atoms with Gasteiger partial charge in [-0.1, -0.05) is 66.7 Å². The number of hydrogen-bond donors (Lipinski definition) is 1. The molecule has 0 radical (unpaired) electrons. The second kappa shape index (κ2) is 11.1. The number of ketones is 1. The van der Waals surface area contributed by atoms with E-state index in [4.69, 9.17) is 4.74 Å². The molecule has 0 aliphatic rings. The minimum Gasteiger partial charge on any atom is -0.494 e. The standard InChI is InChI=1S/C27H28O4/c1-2-31-25-17-15-22(16-18-25)21-11-13-23(14-12-21)26(28)19-24(27(29)30)10-6-9-20-7-4-3-5-8-20/h3-5,7-8,11-18,24H,2,6,9-10,19H2,1H3,(H,29,30). The second-order valence-electron chi connectivity index (χ2n) is 7.58. The van der Waals surface area contributed by atoms with Gasteiger partial charge < -0.3 is 9.84 Å². The molecule has 0 saturated carbocycles. The van der Waals surface area contributed by atoms with Crippen LogP contribution in [-0.4, -0.2) is 23.5 Å². The summed E-state index contributed by atoms with van der Waals surface area (Å²) in [7, 11) is 0. The monoisotopic (exact) mass is 416 g/mol. The maximum Gasteiger partial charge on any atom is 0.306 e. The van der Waals surface area contributed by atoms with Gasteiger partial charge in [0.2, 0.25) is 0 Å². The van der Waals surface area contributed by atoms with E-state index < -0.39 is 11.9 Å². The first kappa shape index (κ1) is 22.3. The maximum atomic E-state index is 12.7. The Bertz CT molecular complexity index is 976. The Morgan fingerprint density at radius 2 is 1.48 bits per heavy atom. The zero-order chi connectivity index (χ0) is 22.1. The first-order valence-electron chi connectivity index (χ1n) is 10.7. The molecular weight excluding hydrogens is 388 g/mol. The van der Waals surface area contributed by atoms with Crippen LogP contribution in [0.4, 0.5) is 0 Å². The minimum absolute atomic E-state index is 0.0204. The largest absolute Gasteiger partial charge is 0.494 e. The van der Waals surface area contributed by atoms with E-state index in [1.807, 2.05) is 73.7 Å².